The van der Waals surface area contributed by atoms with Gasteiger partial charge in [0.05, 0.1) is 22.1 Å². The Balaban J connectivity index is 1.91. The molecule has 2 heterocycles. The number of alkyl halides is 8. The van der Waals surface area contributed by atoms with Crippen LogP contribution in [0.15, 0.2) is 12.3 Å². The third-order valence-electron chi connectivity index (χ3n) is 7.35. The van der Waals surface area contributed by atoms with Crippen LogP contribution < -0.4 is 10.1 Å². The minimum absolute atomic E-state index is 0.00193. The monoisotopic (exact) mass is 650 g/mol. The van der Waals surface area contributed by atoms with Gasteiger partial charge in [-0.3, -0.25) is 14.5 Å². The summed E-state index contributed by atoms with van der Waals surface area (Å²) in [6, 6.07) is 0.556. The average molecular weight is 651 g/mol. The van der Waals surface area contributed by atoms with Gasteiger partial charge >= 0.3 is 19.0 Å². The van der Waals surface area contributed by atoms with Crippen molar-refractivity contribution in [2.75, 3.05) is 12.8 Å². The summed E-state index contributed by atoms with van der Waals surface area (Å²) in [4.78, 5) is 16.7. The number of hydrogen-bond acceptors (Lipinski definition) is 7. The van der Waals surface area contributed by atoms with Crippen molar-refractivity contribution < 1.29 is 58.2 Å². The minimum atomic E-state index is -5.68. The van der Waals surface area contributed by atoms with Gasteiger partial charge in [-0.25, -0.2) is 8.42 Å². The summed E-state index contributed by atoms with van der Waals surface area (Å²) < 4.78 is 134. The molecule has 1 fully saturated rings. The van der Waals surface area contributed by atoms with E-state index >= 15 is 0 Å². The van der Waals surface area contributed by atoms with Gasteiger partial charge in [-0.05, 0) is 39.5 Å². The van der Waals surface area contributed by atoms with Crippen molar-refractivity contribution in [1.29, 1.82) is 0 Å². The lowest BCUT2D eigenvalue weighted by molar-refractivity contribution is -0.283. The van der Waals surface area contributed by atoms with Gasteiger partial charge in [0.15, 0.2) is 11.6 Å². The summed E-state index contributed by atoms with van der Waals surface area (Å²) in [6.45, 7) is -0.729. The molecule has 0 spiro atoms. The number of hydrogen-bond donors (Lipinski definition) is 2. The Hall–Kier alpha value is -3.02. The predicted molar refractivity (Wildman–Crippen MR) is 136 cm³/mol. The number of amides is 1. The zero-order valence-electron chi connectivity index (χ0n) is 23.2. The molecule has 0 aromatic carbocycles. The number of nitrogens with one attached hydrogen (secondary N) is 1. The van der Waals surface area contributed by atoms with Gasteiger partial charge in [-0.15, -0.1) is 0 Å². The first-order valence-corrected chi connectivity index (χ1v) is 15.0. The van der Waals surface area contributed by atoms with E-state index in [1.807, 2.05) is 0 Å². The van der Waals surface area contributed by atoms with Crippen LogP contribution in [-0.4, -0.2) is 76.8 Å². The second-order valence-electron chi connectivity index (χ2n) is 10.5. The molecule has 18 heteroatoms. The van der Waals surface area contributed by atoms with Crippen LogP contribution >= 0.6 is 0 Å². The van der Waals surface area contributed by atoms with Crippen molar-refractivity contribution in [1.82, 2.24) is 20.1 Å². The van der Waals surface area contributed by atoms with Crippen molar-refractivity contribution >= 4 is 15.7 Å². The smallest absolute Gasteiger partial charge is 0.400 e. The quantitative estimate of drug-likeness (QED) is 0.360. The summed E-state index contributed by atoms with van der Waals surface area (Å²) in [6.07, 6.45) is -10.6. The van der Waals surface area contributed by atoms with Gasteiger partial charge < -0.3 is 15.2 Å². The number of aliphatic hydroxyl groups is 1. The summed E-state index contributed by atoms with van der Waals surface area (Å²) in [5.41, 5.74) is -2.56. The Morgan fingerprint density at radius 2 is 1.77 bits per heavy atom. The summed E-state index contributed by atoms with van der Waals surface area (Å²) >= 11 is 0. The molecule has 242 valence electrons. The molecule has 1 saturated carbocycles. The Bertz CT molecular complexity index is 1400. The molecule has 0 bridgehead atoms. The molecule has 0 saturated heterocycles. The number of ether oxygens (including phenoxy) is 1. The van der Waals surface area contributed by atoms with Gasteiger partial charge in [0.25, 0.3) is 5.91 Å². The largest absolute Gasteiger partial charge is 0.434 e. The van der Waals surface area contributed by atoms with Crippen LogP contribution in [0.25, 0.3) is 11.3 Å². The number of carbonyl (C=O) groups is 1. The van der Waals surface area contributed by atoms with Gasteiger partial charge in [0.2, 0.25) is 0 Å². The first kappa shape index (κ1) is 34.5. The Morgan fingerprint density at radius 3 is 2.26 bits per heavy atom. The minimum Gasteiger partial charge on any atom is -0.434 e. The summed E-state index contributed by atoms with van der Waals surface area (Å²) in [7, 11) is -3.29. The topological polar surface area (TPSA) is 123 Å². The highest BCUT2D eigenvalue weighted by Gasteiger charge is 2.56. The van der Waals surface area contributed by atoms with Gasteiger partial charge in [-0.2, -0.15) is 40.2 Å². The number of rotatable bonds is 10. The first-order valence-electron chi connectivity index (χ1n) is 13.0. The van der Waals surface area contributed by atoms with Gasteiger partial charge in [0.1, 0.15) is 15.6 Å². The first-order chi connectivity index (χ1) is 19.7. The zero-order chi connectivity index (χ0) is 32.5. The highest BCUT2D eigenvalue weighted by molar-refractivity contribution is 7.91. The van der Waals surface area contributed by atoms with Gasteiger partial charge in [-0.1, -0.05) is 0 Å². The molecule has 3 rings (SSSR count). The fourth-order valence-corrected chi connectivity index (χ4v) is 6.08. The maximum absolute atomic E-state index is 13.3. The molecule has 9 nitrogen and oxygen atoms in total. The van der Waals surface area contributed by atoms with Crippen molar-refractivity contribution in [2.45, 2.75) is 82.3 Å². The van der Waals surface area contributed by atoms with Crippen molar-refractivity contribution in [3.05, 3.63) is 29.2 Å². The van der Waals surface area contributed by atoms with Gasteiger partial charge in [0, 0.05) is 49.3 Å². The van der Waals surface area contributed by atoms with E-state index in [-0.39, 0.29) is 61.3 Å². The van der Waals surface area contributed by atoms with Crippen LogP contribution in [0.1, 0.15) is 54.4 Å². The third-order valence-corrected chi connectivity index (χ3v) is 9.03. The van der Waals surface area contributed by atoms with Crippen LogP contribution in [0.3, 0.4) is 0 Å². The Morgan fingerprint density at radius 1 is 1.19 bits per heavy atom. The molecule has 2 aromatic rings. The number of sulfone groups is 1. The average Bonchev–Trinajstić information content (AvgIpc) is 3.20. The number of aromatic nitrogens is 3. The van der Waals surface area contributed by atoms with E-state index in [0.717, 1.165) is 12.5 Å². The second kappa shape index (κ2) is 12.5. The maximum Gasteiger partial charge on any atom is 0.400 e. The van der Waals surface area contributed by atoms with E-state index < -0.39 is 69.3 Å². The molecule has 43 heavy (non-hydrogen) atoms. The van der Waals surface area contributed by atoms with E-state index in [4.69, 9.17) is 0 Å². The molecule has 2 N–H and O–H groups in total. The molecule has 1 aliphatic rings. The predicted octanol–water partition coefficient (Wildman–Crippen LogP) is 4.61. The van der Waals surface area contributed by atoms with Crippen LogP contribution in [0.4, 0.5) is 35.1 Å². The van der Waals surface area contributed by atoms with Crippen molar-refractivity contribution in [2.24, 2.45) is 5.92 Å². The maximum atomic E-state index is 13.3. The molecule has 1 amide bonds. The van der Waals surface area contributed by atoms with E-state index in [1.165, 1.54) is 11.6 Å². The van der Waals surface area contributed by atoms with E-state index in [9.17, 15) is 53.4 Å². The molecule has 0 unspecified atom stereocenters. The number of halogens is 8. The van der Waals surface area contributed by atoms with Crippen LogP contribution in [0, 0.1) is 12.8 Å². The molecule has 2 aromatic heterocycles. The summed E-state index contributed by atoms with van der Waals surface area (Å²) in [5, 5.41) is 16.9. The van der Waals surface area contributed by atoms with Crippen LogP contribution in [0.2, 0.25) is 0 Å². The Labute approximate surface area is 241 Å². The zero-order valence-corrected chi connectivity index (χ0v) is 24.0. The van der Waals surface area contributed by atoms with E-state index in [0.29, 0.717) is 6.07 Å². The normalized spacial score (nSPS) is 20.1. The molecular weight excluding hydrogens is 620 g/mol. The van der Waals surface area contributed by atoms with Crippen molar-refractivity contribution in [3.8, 4) is 17.0 Å². The Kier molecular flexibility index (Phi) is 10.0. The lowest BCUT2D eigenvalue weighted by Gasteiger charge is -2.35. The molecule has 0 aliphatic heterocycles. The number of nitrogens with zero attached hydrogens (tertiary/aromatic N) is 3. The highest BCUT2D eigenvalue weighted by Crippen LogP contribution is 2.42. The SMILES string of the molecule is CCn1nc(C(=O)NCC2(O)CCC(S(C)(=O)=O)CC2)c(C)c1-c1cnc(CC(C(F)(F)F)C(F)(F)F)cc1OC(F)F. The number of pyridine rings is 1. The number of aryl methyl sites for hydroxylation is 1. The third kappa shape index (κ3) is 8.33. The molecule has 1 aliphatic carbocycles. The molecular formula is C25H30F8N4O5S. The fourth-order valence-electron chi connectivity index (χ4n) is 4.99. The lowest BCUT2D eigenvalue weighted by Crippen LogP contribution is -2.47. The second-order valence-corrected chi connectivity index (χ2v) is 12.8. The summed E-state index contributed by atoms with van der Waals surface area (Å²) in [5.74, 6) is -5.35. The standard InChI is InChI=1S/C25H30F8N4O5S/c1-4-37-20(13(2)19(36-37)21(38)35-12-23(39)7-5-15(6-8-23)43(3,40)41)16-11-34-14(9-17(16)42-22(26)27)10-18(24(28,29)30)25(31,32)33/h9,11,15,18,22,39H,4-8,10,12H2,1-3H3,(H,35,38). The van der Waals surface area contributed by atoms with Crippen LogP contribution in [0.5, 0.6) is 5.75 Å². The molecule has 0 radical (unpaired) electrons. The highest BCUT2D eigenvalue weighted by atomic mass is 32.2. The van der Waals surface area contributed by atoms with Crippen LogP contribution in [-0.2, 0) is 22.8 Å². The van der Waals surface area contributed by atoms with E-state index in [1.54, 1.807) is 6.92 Å². The number of carbonyl (C=O) groups excluding carboxylic acids is 1. The van der Waals surface area contributed by atoms with Crippen molar-refractivity contribution in [3.63, 3.8) is 0 Å². The molecule has 0 atom stereocenters. The van der Waals surface area contributed by atoms with E-state index in [2.05, 4.69) is 20.1 Å². The lowest BCUT2D eigenvalue weighted by atomic mass is 9.84. The fraction of sp³-hybridized carbons (Fsp3) is 0.640.